The van der Waals surface area contributed by atoms with Crippen molar-refractivity contribution in [3.63, 3.8) is 0 Å². The van der Waals surface area contributed by atoms with Gasteiger partial charge in [-0.15, -0.1) is 11.8 Å². The number of amides is 1. The lowest BCUT2D eigenvalue weighted by atomic mass is 10.1. The Balaban J connectivity index is 1.56. The summed E-state index contributed by atoms with van der Waals surface area (Å²) < 4.78 is 0. The number of anilines is 1. The maximum Gasteiger partial charge on any atom is 0.235 e. The van der Waals surface area contributed by atoms with Crippen molar-refractivity contribution in [2.75, 3.05) is 11.1 Å². The molecule has 0 saturated carbocycles. The number of hydrogen-bond donors (Lipinski definition) is 1. The third kappa shape index (κ3) is 3.77. The molecule has 1 aliphatic carbocycles. The first-order valence-electron chi connectivity index (χ1n) is 6.87. The molecule has 3 rings (SSSR count). The van der Waals surface area contributed by atoms with E-state index < -0.39 is 0 Å². The summed E-state index contributed by atoms with van der Waals surface area (Å²) in [4.78, 5) is 17.1. The number of fused-ring (bicyclic) bond motifs is 1. The Hall–Kier alpha value is -1.52. The van der Waals surface area contributed by atoms with E-state index in [1.165, 1.54) is 24.0 Å². The quantitative estimate of drug-likeness (QED) is 0.868. The number of hydrogen-bond acceptors (Lipinski definition) is 3. The van der Waals surface area contributed by atoms with E-state index in [9.17, 15) is 4.79 Å². The Kier molecular flexibility index (Phi) is 4.46. The molecule has 1 heterocycles. The average molecular weight is 319 g/mol. The number of nitrogens with one attached hydrogen (secondary N) is 1. The summed E-state index contributed by atoms with van der Waals surface area (Å²) >= 11 is 7.40. The van der Waals surface area contributed by atoms with Crippen molar-refractivity contribution in [3.05, 3.63) is 52.7 Å². The molecule has 0 unspecified atom stereocenters. The van der Waals surface area contributed by atoms with Gasteiger partial charge in [0.05, 0.1) is 5.75 Å². The van der Waals surface area contributed by atoms with Gasteiger partial charge in [-0.25, -0.2) is 4.98 Å². The first kappa shape index (κ1) is 14.4. The highest BCUT2D eigenvalue weighted by molar-refractivity contribution is 8.00. The van der Waals surface area contributed by atoms with Gasteiger partial charge in [-0.05, 0) is 54.7 Å². The fourth-order valence-electron chi connectivity index (χ4n) is 2.44. The second kappa shape index (κ2) is 6.50. The summed E-state index contributed by atoms with van der Waals surface area (Å²) in [6.45, 7) is 0. The highest BCUT2D eigenvalue weighted by Gasteiger charge is 2.11. The van der Waals surface area contributed by atoms with Gasteiger partial charge in [0.2, 0.25) is 5.91 Å². The maximum atomic E-state index is 11.9. The van der Waals surface area contributed by atoms with Crippen LogP contribution in [0.3, 0.4) is 0 Å². The monoisotopic (exact) mass is 318 g/mol. The number of thioether (sulfide) groups is 1. The minimum Gasteiger partial charge on any atom is -0.310 e. The normalized spacial score (nSPS) is 13.0. The van der Waals surface area contributed by atoms with E-state index in [0.717, 1.165) is 11.3 Å². The first-order valence-corrected chi connectivity index (χ1v) is 8.23. The standard InChI is InChI=1S/C16H15ClN2OS/c17-13-6-7-18-15(9-13)19-16(20)10-21-14-5-4-11-2-1-3-12(11)8-14/h4-9H,1-3,10H2,(H,18,19,20). The molecule has 21 heavy (non-hydrogen) atoms. The molecule has 1 amide bonds. The number of rotatable bonds is 4. The van der Waals surface area contributed by atoms with Crippen LogP contribution in [0.25, 0.3) is 0 Å². The summed E-state index contributed by atoms with van der Waals surface area (Å²) in [5.41, 5.74) is 2.88. The van der Waals surface area contributed by atoms with Crippen molar-refractivity contribution < 1.29 is 4.79 Å². The lowest BCUT2D eigenvalue weighted by molar-refractivity contribution is -0.113. The molecule has 0 bridgehead atoms. The van der Waals surface area contributed by atoms with Crippen LogP contribution >= 0.6 is 23.4 Å². The second-order valence-corrected chi connectivity index (χ2v) is 6.47. The van der Waals surface area contributed by atoms with Crippen molar-refractivity contribution in [2.24, 2.45) is 0 Å². The Morgan fingerprint density at radius 3 is 2.95 bits per heavy atom. The molecule has 0 saturated heterocycles. The smallest absolute Gasteiger partial charge is 0.235 e. The molecule has 0 aliphatic heterocycles. The number of benzene rings is 1. The van der Waals surface area contributed by atoms with Crippen LogP contribution in [-0.2, 0) is 17.6 Å². The van der Waals surface area contributed by atoms with E-state index >= 15 is 0 Å². The molecule has 0 fully saturated rings. The van der Waals surface area contributed by atoms with Crippen LogP contribution in [0.2, 0.25) is 5.02 Å². The Morgan fingerprint density at radius 1 is 1.24 bits per heavy atom. The summed E-state index contributed by atoms with van der Waals surface area (Å²) in [7, 11) is 0. The topological polar surface area (TPSA) is 42.0 Å². The van der Waals surface area contributed by atoms with Crippen molar-refractivity contribution >= 4 is 35.1 Å². The van der Waals surface area contributed by atoms with Crippen molar-refractivity contribution in [3.8, 4) is 0 Å². The van der Waals surface area contributed by atoms with Gasteiger partial charge < -0.3 is 5.32 Å². The number of aryl methyl sites for hydroxylation is 2. The number of aromatic nitrogens is 1. The van der Waals surface area contributed by atoms with E-state index in [1.807, 2.05) is 0 Å². The molecular weight excluding hydrogens is 304 g/mol. The fraction of sp³-hybridized carbons (Fsp3) is 0.250. The lowest BCUT2D eigenvalue weighted by Gasteiger charge is -2.06. The molecule has 0 spiro atoms. The largest absolute Gasteiger partial charge is 0.310 e. The zero-order chi connectivity index (χ0) is 14.7. The zero-order valence-corrected chi connectivity index (χ0v) is 13.0. The molecule has 0 radical (unpaired) electrons. The van der Waals surface area contributed by atoms with Gasteiger partial charge in [0.15, 0.2) is 0 Å². The Morgan fingerprint density at radius 2 is 2.10 bits per heavy atom. The van der Waals surface area contributed by atoms with Crippen LogP contribution in [-0.4, -0.2) is 16.6 Å². The minimum absolute atomic E-state index is 0.0738. The summed E-state index contributed by atoms with van der Waals surface area (Å²) in [6.07, 6.45) is 5.15. The zero-order valence-electron chi connectivity index (χ0n) is 11.4. The van der Waals surface area contributed by atoms with E-state index in [1.54, 1.807) is 30.1 Å². The van der Waals surface area contributed by atoms with Gasteiger partial charge in [-0.3, -0.25) is 4.79 Å². The van der Waals surface area contributed by atoms with Crippen LogP contribution in [0.5, 0.6) is 0 Å². The lowest BCUT2D eigenvalue weighted by Crippen LogP contribution is -2.14. The molecule has 2 aromatic rings. The molecule has 5 heteroatoms. The molecular formula is C16H15ClN2OS. The number of halogens is 1. The van der Waals surface area contributed by atoms with Crippen LogP contribution in [0.15, 0.2) is 41.4 Å². The molecule has 1 aromatic carbocycles. The highest BCUT2D eigenvalue weighted by atomic mass is 35.5. The molecule has 1 N–H and O–H groups in total. The highest BCUT2D eigenvalue weighted by Crippen LogP contribution is 2.27. The molecule has 0 atom stereocenters. The third-order valence-corrected chi connectivity index (χ3v) is 4.66. The van der Waals surface area contributed by atoms with Crippen LogP contribution in [0.1, 0.15) is 17.5 Å². The summed E-state index contributed by atoms with van der Waals surface area (Å²) in [6, 6.07) is 9.80. The second-order valence-electron chi connectivity index (χ2n) is 4.98. The van der Waals surface area contributed by atoms with Crippen molar-refractivity contribution in [1.29, 1.82) is 0 Å². The van der Waals surface area contributed by atoms with Crippen molar-refractivity contribution in [2.45, 2.75) is 24.2 Å². The molecule has 3 nitrogen and oxygen atoms in total. The van der Waals surface area contributed by atoms with Gasteiger partial charge in [0, 0.05) is 16.1 Å². The van der Waals surface area contributed by atoms with E-state index in [-0.39, 0.29) is 5.91 Å². The predicted molar refractivity (Wildman–Crippen MR) is 87.1 cm³/mol. The van der Waals surface area contributed by atoms with Gasteiger partial charge in [0.1, 0.15) is 5.82 Å². The first-order chi connectivity index (χ1) is 10.2. The number of carbonyl (C=O) groups is 1. The van der Waals surface area contributed by atoms with Gasteiger partial charge in [0.25, 0.3) is 0 Å². The number of pyridine rings is 1. The minimum atomic E-state index is -0.0738. The van der Waals surface area contributed by atoms with Crippen LogP contribution < -0.4 is 5.32 Å². The van der Waals surface area contributed by atoms with E-state index in [4.69, 9.17) is 11.6 Å². The number of nitrogens with zero attached hydrogens (tertiary/aromatic N) is 1. The van der Waals surface area contributed by atoms with Crippen LogP contribution in [0, 0.1) is 0 Å². The summed E-state index contributed by atoms with van der Waals surface area (Å²) in [5.74, 6) is 0.782. The SMILES string of the molecule is O=C(CSc1ccc2c(c1)CCC2)Nc1cc(Cl)ccn1. The van der Waals surface area contributed by atoms with Gasteiger partial charge in [-0.2, -0.15) is 0 Å². The third-order valence-electron chi connectivity index (χ3n) is 3.43. The van der Waals surface area contributed by atoms with Crippen molar-refractivity contribution in [1.82, 2.24) is 4.98 Å². The fourth-order valence-corrected chi connectivity index (χ4v) is 3.36. The molecule has 1 aliphatic rings. The van der Waals surface area contributed by atoms with Crippen LogP contribution in [0.4, 0.5) is 5.82 Å². The number of carbonyl (C=O) groups excluding carboxylic acids is 1. The predicted octanol–water partition coefficient (Wildman–Crippen LogP) is 3.95. The average Bonchev–Trinajstić information content (AvgIpc) is 2.92. The summed E-state index contributed by atoms with van der Waals surface area (Å²) in [5, 5.41) is 3.31. The molecule has 108 valence electrons. The Bertz CT molecular complexity index is 675. The van der Waals surface area contributed by atoms with E-state index in [0.29, 0.717) is 16.6 Å². The van der Waals surface area contributed by atoms with E-state index in [2.05, 4.69) is 28.5 Å². The van der Waals surface area contributed by atoms with Gasteiger partial charge >= 0.3 is 0 Å². The van der Waals surface area contributed by atoms with Gasteiger partial charge in [-0.1, -0.05) is 17.7 Å². The molecule has 1 aromatic heterocycles. The Labute approximate surface area is 133 Å². The maximum absolute atomic E-state index is 11.9.